The summed E-state index contributed by atoms with van der Waals surface area (Å²) in [5.74, 6) is 0.929. The molecule has 1 saturated heterocycles. The van der Waals surface area contributed by atoms with Crippen molar-refractivity contribution < 1.29 is 9.53 Å². The first-order valence-electron chi connectivity index (χ1n) is 7.15. The molecule has 1 aromatic rings. The lowest BCUT2D eigenvalue weighted by Crippen LogP contribution is -2.52. The van der Waals surface area contributed by atoms with Crippen LogP contribution in [0.2, 0.25) is 0 Å². The minimum Gasteiger partial charge on any atom is -0.494 e. The molecule has 0 radical (unpaired) electrons. The van der Waals surface area contributed by atoms with Crippen LogP contribution < -0.4 is 10.2 Å². The van der Waals surface area contributed by atoms with E-state index in [0.717, 1.165) is 38.3 Å². The number of carbonyl (C=O) groups is 1. The van der Waals surface area contributed by atoms with Crippen molar-refractivity contribution >= 4 is 5.91 Å². The Morgan fingerprint density at radius 3 is 2.60 bits per heavy atom. The maximum atomic E-state index is 11.8. The van der Waals surface area contributed by atoms with Crippen molar-refractivity contribution in [3.05, 3.63) is 30.3 Å². The third-order valence-electron chi connectivity index (χ3n) is 3.35. The van der Waals surface area contributed by atoms with Gasteiger partial charge in [-0.1, -0.05) is 18.2 Å². The number of likely N-dealkylation sites (N-methyl/N-ethyl adjacent to an activating group) is 1. The monoisotopic (exact) mass is 277 g/mol. The number of hydrogen-bond acceptors (Lipinski definition) is 4. The molecule has 1 aliphatic rings. The normalized spacial score (nSPS) is 16.9. The highest BCUT2D eigenvalue weighted by Crippen LogP contribution is 2.08. The van der Waals surface area contributed by atoms with Crippen LogP contribution in [0.4, 0.5) is 0 Å². The van der Waals surface area contributed by atoms with Crippen LogP contribution in [0.5, 0.6) is 5.75 Å². The van der Waals surface area contributed by atoms with Gasteiger partial charge in [-0.2, -0.15) is 0 Å². The highest BCUT2D eigenvalue weighted by atomic mass is 16.5. The van der Waals surface area contributed by atoms with Crippen LogP contribution in [-0.2, 0) is 4.79 Å². The number of amides is 1. The number of ether oxygens (including phenoxy) is 1. The van der Waals surface area contributed by atoms with Crippen LogP contribution in [0.25, 0.3) is 0 Å². The molecular formula is C15H23N3O2. The van der Waals surface area contributed by atoms with E-state index >= 15 is 0 Å². The molecule has 1 heterocycles. The topological polar surface area (TPSA) is 44.8 Å². The summed E-state index contributed by atoms with van der Waals surface area (Å²) in [5, 5.41) is 2.00. The molecule has 0 spiro atoms. The molecule has 2 rings (SSSR count). The lowest BCUT2D eigenvalue weighted by Gasteiger charge is -2.32. The predicted molar refractivity (Wildman–Crippen MR) is 78.4 cm³/mol. The number of nitrogens with zero attached hydrogens (tertiary/aromatic N) is 2. The molecule has 1 fully saturated rings. The largest absolute Gasteiger partial charge is 0.494 e. The maximum Gasteiger partial charge on any atom is 0.234 e. The molecule has 5 nitrogen and oxygen atoms in total. The summed E-state index contributed by atoms with van der Waals surface area (Å²) in [6, 6.07) is 9.68. The van der Waals surface area contributed by atoms with E-state index in [1.54, 1.807) is 0 Å². The summed E-state index contributed by atoms with van der Waals surface area (Å²) in [4.78, 5) is 14.0. The van der Waals surface area contributed by atoms with E-state index in [1.165, 1.54) is 0 Å². The Bertz CT molecular complexity index is 403. The molecular weight excluding hydrogens is 254 g/mol. The van der Waals surface area contributed by atoms with E-state index in [0.29, 0.717) is 13.0 Å². The minimum atomic E-state index is 0.0752. The molecule has 0 saturated carbocycles. The minimum absolute atomic E-state index is 0.0752. The van der Waals surface area contributed by atoms with Gasteiger partial charge in [-0.3, -0.25) is 10.2 Å². The molecule has 0 atom stereocenters. The zero-order valence-corrected chi connectivity index (χ0v) is 12.0. The molecule has 5 heteroatoms. The molecule has 0 aliphatic carbocycles. The number of nitrogens with one attached hydrogen (secondary N) is 1. The predicted octanol–water partition coefficient (Wildman–Crippen LogP) is 1.12. The Labute approximate surface area is 120 Å². The molecule has 20 heavy (non-hydrogen) atoms. The zero-order valence-electron chi connectivity index (χ0n) is 12.0. The number of rotatable bonds is 6. The Hall–Kier alpha value is -1.59. The quantitative estimate of drug-likeness (QED) is 0.792. The van der Waals surface area contributed by atoms with Crippen molar-refractivity contribution in [1.29, 1.82) is 0 Å². The van der Waals surface area contributed by atoms with E-state index in [2.05, 4.69) is 17.4 Å². The van der Waals surface area contributed by atoms with Gasteiger partial charge in [0.1, 0.15) is 5.75 Å². The highest BCUT2D eigenvalue weighted by molar-refractivity contribution is 5.75. The van der Waals surface area contributed by atoms with E-state index in [4.69, 9.17) is 4.74 Å². The van der Waals surface area contributed by atoms with Gasteiger partial charge < -0.3 is 9.64 Å². The zero-order chi connectivity index (χ0) is 14.2. The first-order chi connectivity index (χ1) is 9.74. The van der Waals surface area contributed by atoms with Crippen molar-refractivity contribution in [3.63, 3.8) is 0 Å². The Kier molecular flexibility index (Phi) is 5.83. The number of para-hydroxylation sites is 1. The van der Waals surface area contributed by atoms with Crippen molar-refractivity contribution in [2.24, 2.45) is 0 Å². The number of benzene rings is 1. The SMILES string of the molecule is CN1CCN(NC(=O)CCCOc2ccccc2)CC1. The van der Waals surface area contributed by atoms with E-state index in [9.17, 15) is 4.79 Å². The summed E-state index contributed by atoms with van der Waals surface area (Å²) >= 11 is 0. The average molecular weight is 277 g/mol. The van der Waals surface area contributed by atoms with E-state index in [-0.39, 0.29) is 5.91 Å². The third-order valence-corrected chi connectivity index (χ3v) is 3.35. The molecule has 1 amide bonds. The lowest BCUT2D eigenvalue weighted by atomic mass is 10.3. The van der Waals surface area contributed by atoms with Crippen LogP contribution >= 0.6 is 0 Å². The second-order valence-corrected chi connectivity index (χ2v) is 5.09. The van der Waals surface area contributed by atoms with Gasteiger partial charge in [0.05, 0.1) is 6.61 Å². The van der Waals surface area contributed by atoms with Gasteiger partial charge in [0, 0.05) is 32.6 Å². The van der Waals surface area contributed by atoms with Gasteiger partial charge in [-0.25, -0.2) is 5.01 Å². The van der Waals surface area contributed by atoms with Crippen molar-refractivity contribution in [3.8, 4) is 5.75 Å². The second kappa shape index (κ2) is 7.87. The Morgan fingerprint density at radius 1 is 1.20 bits per heavy atom. The number of hydrogen-bond donors (Lipinski definition) is 1. The van der Waals surface area contributed by atoms with Crippen LogP contribution in [0.3, 0.4) is 0 Å². The number of carbonyl (C=O) groups excluding carboxylic acids is 1. The lowest BCUT2D eigenvalue weighted by molar-refractivity contribution is -0.126. The molecule has 110 valence electrons. The summed E-state index contributed by atoms with van der Waals surface area (Å²) < 4.78 is 5.56. The molecule has 1 N–H and O–H groups in total. The number of piperazine rings is 1. The van der Waals surface area contributed by atoms with Crippen LogP contribution in [-0.4, -0.2) is 55.6 Å². The second-order valence-electron chi connectivity index (χ2n) is 5.09. The third kappa shape index (κ3) is 5.19. The van der Waals surface area contributed by atoms with Gasteiger partial charge in [-0.15, -0.1) is 0 Å². The van der Waals surface area contributed by atoms with E-state index < -0.39 is 0 Å². The summed E-state index contributed by atoms with van der Waals surface area (Å²) in [7, 11) is 2.10. The maximum absolute atomic E-state index is 11.8. The highest BCUT2D eigenvalue weighted by Gasteiger charge is 2.15. The van der Waals surface area contributed by atoms with Crippen LogP contribution in [0.15, 0.2) is 30.3 Å². The van der Waals surface area contributed by atoms with Crippen molar-refractivity contribution in [1.82, 2.24) is 15.3 Å². The number of hydrazine groups is 1. The van der Waals surface area contributed by atoms with Crippen molar-refractivity contribution in [2.75, 3.05) is 39.8 Å². The fourth-order valence-corrected chi connectivity index (χ4v) is 2.09. The standard InChI is InChI=1S/C15H23N3O2/c1-17-9-11-18(12-10-17)16-15(19)8-5-13-20-14-6-3-2-4-7-14/h2-4,6-7H,5,8-13H2,1H3,(H,16,19). The molecule has 0 unspecified atom stereocenters. The van der Waals surface area contributed by atoms with Gasteiger partial charge in [0.2, 0.25) is 5.91 Å². The van der Waals surface area contributed by atoms with Crippen molar-refractivity contribution in [2.45, 2.75) is 12.8 Å². The van der Waals surface area contributed by atoms with E-state index in [1.807, 2.05) is 35.3 Å². The Morgan fingerprint density at radius 2 is 1.90 bits per heavy atom. The first-order valence-corrected chi connectivity index (χ1v) is 7.15. The molecule has 1 aromatic carbocycles. The Balaban J connectivity index is 1.56. The fourth-order valence-electron chi connectivity index (χ4n) is 2.09. The summed E-state index contributed by atoms with van der Waals surface area (Å²) in [5.41, 5.74) is 2.95. The van der Waals surface area contributed by atoms with Gasteiger partial charge in [0.25, 0.3) is 0 Å². The van der Waals surface area contributed by atoms with Gasteiger partial charge >= 0.3 is 0 Å². The van der Waals surface area contributed by atoms with Gasteiger partial charge in [-0.05, 0) is 25.6 Å². The summed E-state index contributed by atoms with van der Waals surface area (Å²) in [6.45, 7) is 4.35. The molecule has 0 bridgehead atoms. The molecule has 0 aromatic heterocycles. The summed E-state index contributed by atoms with van der Waals surface area (Å²) in [6.07, 6.45) is 1.23. The van der Waals surface area contributed by atoms with Crippen LogP contribution in [0.1, 0.15) is 12.8 Å². The first kappa shape index (κ1) is 14.8. The molecule has 1 aliphatic heterocycles. The fraction of sp³-hybridized carbons (Fsp3) is 0.533. The smallest absolute Gasteiger partial charge is 0.234 e. The average Bonchev–Trinajstić information content (AvgIpc) is 2.47. The van der Waals surface area contributed by atoms with Gasteiger partial charge in [0.15, 0.2) is 0 Å². The van der Waals surface area contributed by atoms with Crippen LogP contribution in [0, 0.1) is 0 Å².